The molecule has 3 aromatic carbocycles. The van der Waals surface area contributed by atoms with Gasteiger partial charge in [-0.1, -0.05) is 47.5 Å². The molecular formula is C21H17Cl3P+. The molecule has 0 atom stereocenters. The molecule has 0 bridgehead atoms. The Labute approximate surface area is 164 Å². The average Bonchev–Trinajstić information content (AvgIpc) is 2.62. The molecule has 3 rings (SSSR count). The molecule has 0 fully saturated rings. The number of hydrogen-bond acceptors (Lipinski definition) is 0. The van der Waals surface area contributed by atoms with Gasteiger partial charge in [0, 0.05) is 15.1 Å². The molecular weight excluding hydrogens is 390 g/mol. The van der Waals surface area contributed by atoms with Crippen LogP contribution in [-0.2, 0) is 0 Å². The zero-order valence-electron chi connectivity index (χ0n) is 13.5. The number of rotatable bonds is 5. The van der Waals surface area contributed by atoms with E-state index in [4.69, 9.17) is 34.8 Å². The van der Waals surface area contributed by atoms with Crippen LogP contribution < -0.4 is 15.9 Å². The highest BCUT2D eigenvalue weighted by Gasteiger charge is 2.44. The highest BCUT2D eigenvalue weighted by Crippen LogP contribution is 2.55. The molecule has 0 aliphatic heterocycles. The normalized spacial score (nSPS) is 11.3. The van der Waals surface area contributed by atoms with Gasteiger partial charge in [0.05, 0.1) is 6.16 Å². The van der Waals surface area contributed by atoms with Crippen molar-refractivity contribution < 1.29 is 0 Å². The summed E-state index contributed by atoms with van der Waals surface area (Å²) in [7, 11) is -1.91. The summed E-state index contributed by atoms with van der Waals surface area (Å²) in [5.41, 5.74) is 0. The second-order valence-corrected chi connectivity index (χ2v) is 10.6. The Morgan fingerprint density at radius 2 is 0.880 bits per heavy atom. The first-order valence-corrected chi connectivity index (χ1v) is 10.9. The third kappa shape index (κ3) is 3.78. The minimum atomic E-state index is -1.91. The number of benzene rings is 3. The van der Waals surface area contributed by atoms with Crippen molar-refractivity contribution in [3.05, 3.63) is 101 Å². The Balaban J connectivity index is 2.30. The summed E-state index contributed by atoms with van der Waals surface area (Å²) < 4.78 is 0. The average molecular weight is 407 g/mol. The summed E-state index contributed by atoms with van der Waals surface area (Å²) in [4.78, 5) is 0. The zero-order chi connectivity index (χ0) is 17.9. The molecule has 0 nitrogen and oxygen atoms in total. The summed E-state index contributed by atoms with van der Waals surface area (Å²) in [5, 5.41) is 5.94. The minimum absolute atomic E-state index is 0.729. The first kappa shape index (κ1) is 18.5. The van der Waals surface area contributed by atoms with E-state index in [9.17, 15) is 0 Å². The van der Waals surface area contributed by atoms with E-state index in [1.165, 1.54) is 15.9 Å². The lowest BCUT2D eigenvalue weighted by Gasteiger charge is -2.26. The second-order valence-electron chi connectivity index (χ2n) is 5.71. The predicted octanol–water partition coefficient (Wildman–Crippen LogP) is 6.13. The largest absolute Gasteiger partial charge is 0.115 e. The Bertz CT molecular complexity index is 742. The molecule has 0 amide bonds. The fourth-order valence-electron chi connectivity index (χ4n) is 3.04. The summed E-state index contributed by atoms with van der Waals surface area (Å²) >= 11 is 18.4. The van der Waals surface area contributed by atoms with Crippen molar-refractivity contribution in [1.82, 2.24) is 0 Å². The van der Waals surface area contributed by atoms with Crippen LogP contribution >= 0.6 is 42.1 Å². The molecule has 4 heteroatoms. The van der Waals surface area contributed by atoms with Crippen molar-refractivity contribution in [3.8, 4) is 0 Å². The summed E-state index contributed by atoms with van der Waals surface area (Å²) in [5.74, 6) is 0. The van der Waals surface area contributed by atoms with E-state index < -0.39 is 7.26 Å². The maximum absolute atomic E-state index is 6.13. The molecule has 0 heterocycles. The molecule has 3 aromatic rings. The van der Waals surface area contributed by atoms with Crippen LogP contribution in [-0.4, -0.2) is 6.16 Å². The molecule has 126 valence electrons. The fraction of sp³-hybridized carbons (Fsp3) is 0.0476. The molecule has 0 aromatic heterocycles. The molecule has 0 aliphatic carbocycles. The third-order valence-electron chi connectivity index (χ3n) is 4.21. The number of hydrogen-bond donors (Lipinski definition) is 0. The summed E-state index contributed by atoms with van der Waals surface area (Å²) in [6, 6.07) is 24.4. The van der Waals surface area contributed by atoms with Gasteiger partial charge >= 0.3 is 0 Å². The van der Waals surface area contributed by atoms with E-state index in [-0.39, 0.29) is 0 Å². The van der Waals surface area contributed by atoms with E-state index in [1.807, 2.05) is 42.5 Å². The van der Waals surface area contributed by atoms with Crippen LogP contribution in [0, 0.1) is 0 Å². The molecule has 0 saturated carbocycles. The third-order valence-corrected chi connectivity index (χ3v) is 9.31. The van der Waals surface area contributed by atoms with Crippen LogP contribution in [0.4, 0.5) is 0 Å². The topological polar surface area (TPSA) is 0 Å². The highest BCUT2D eigenvalue weighted by atomic mass is 35.5. The number of halogens is 3. The van der Waals surface area contributed by atoms with Crippen LogP contribution in [0.15, 0.2) is 85.5 Å². The van der Waals surface area contributed by atoms with Crippen LogP contribution in [0.1, 0.15) is 0 Å². The van der Waals surface area contributed by atoms with E-state index in [1.54, 1.807) is 0 Å². The van der Waals surface area contributed by atoms with Gasteiger partial charge in [-0.25, -0.2) is 0 Å². The lowest BCUT2D eigenvalue weighted by atomic mass is 10.3. The SMILES string of the molecule is C=CC[P+](c1ccc(Cl)cc1)(c1ccc(Cl)cc1)c1ccc(Cl)cc1. The molecule has 25 heavy (non-hydrogen) atoms. The molecule has 0 aliphatic rings. The lowest BCUT2D eigenvalue weighted by Crippen LogP contribution is -2.32. The predicted molar refractivity (Wildman–Crippen MR) is 115 cm³/mol. The van der Waals surface area contributed by atoms with Crippen molar-refractivity contribution in [2.45, 2.75) is 0 Å². The Kier molecular flexibility index (Phi) is 5.87. The van der Waals surface area contributed by atoms with Gasteiger partial charge < -0.3 is 0 Å². The first-order chi connectivity index (χ1) is 12.1. The standard InChI is InChI=1S/C21H17Cl3P/c1-2-15-25(19-9-3-16(22)4-10-19,20-11-5-17(23)6-12-20)21-13-7-18(24)8-14-21/h2-14H,1,15H2/q+1. The van der Waals surface area contributed by atoms with E-state index in [2.05, 4.69) is 43.0 Å². The summed E-state index contributed by atoms with van der Waals surface area (Å²) in [6.45, 7) is 4.02. The van der Waals surface area contributed by atoms with Gasteiger partial charge in [-0.2, -0.15) is 0 Å². The van der Waals surface area contributed by atoms with Gasteiger partial charge in [-0.15, -0.1) is 0 Å². The van der Waals surface area contributed by atoms with Gasteiger partial charge in [0.25, 0.3) is 0 Å². The second kappa shape index (κ2) is 7.94. The highest BCUT2D eigenvalue weighted by molar-refractivity contribution is 7.95. The fourth-order valence-corrected chi connectivity index (χ4v) is 7.31. The monoisotopic (exact) mass is 405 g/mol. The van der Waals surface area contributed by atoms with Crippen molar-refractivity contribution in [2.24, 2.45) is 0 Å². The lowest BCUT2D eigenvalue weighted by molar-refractivity contribution is 1.66. The maximum Gasteiger partial charge on any atom is 0.115 e. The van der Waals surface area contributed by atoms with Crippen molar-refractivity contribution in [1.29, 1.82) is 0 Å². The zero-order valence-corrected chi connectivity index (χ0v) is 16.7. The van der Waals surface area contributed by atoms with E-state index >= 15 is 0 Å². The van der Waals surface area contributed by atoms with Gasteiger partial charge in [0.15, 0.2) is 0 Å². The van der Waals surface area contributed by atoms with Gasteiger partial charge in [0.2, 0.25) is 0 Å². The molecule has 0 saturated heterocycles. The van der Waals surface area contributed by atoms with Crippen LogP contribution in [0.2, 0.25) is 15.1 Å². The molecule has 0 N–H and O–H groups in total. The maximum atomic E-state index is 6.13. The van der Waals surface area contributed by atoms with Crippen LogP contribution in [0.3, 0.4) is 0 Å². The minimum Gasteiger partial charge on any atom is -0.0995 e. The van der Waals surface area contributed by atoms with Crippen molar-refractivity contribution in [2.75, 3.05) is 6.16 Å². The Morgan fingerprint density at radius 1 is 0.600 bits per heavy atom. The molecule has 0 spiro atoms. The molecule has 0 unspecified atom stereocenters. The van der Waals surface area contributed by atoms with Gasteiger partial charge in [-0.05, 0) is 72.8 Å². The quantitative estimate of drug-likeness (QED) is 0.353. The smallest absolute Gasteiger partial charge is 0.0995 e. The summed E-state index contributed by atoms with van der Waals surface area (Å²) in [6.07, 6.45) is 2.84. The van der Waals surface area contributed by atoms with Gasteiger partial charge in [-0.3, -0.25) is 0 Å². The van der Waals surface area contributed by atoms with E-state index in [0.717, 1.165) is 21.2 Å². The van der Waals surface area contributed by atoms with Crippen molar-refractivity contribution >= 4 is 58.0 Å². The number of allylic oxidation sites excluding steroid dienone is 1. The van der Waals surface area contributed by atoms with Crippen molar-refractivity contribution in [3.63, 3.8) is 0 Å². The van der Waals surface area contributed by atoms with Crippen LogP contribution in [0.25, 0.3) is 0 Å². The molecule has 0 radical (unpaired) electrons. The van der Waals surface area contributed by atoms with Gasteiger partial charge in [0.1, 0.15) is 23.2 Å². The Morgan fingerprint density at radius 3 is 1.12 bits per heavy atom. The Hall–Kier alpha value is -1.30. The van der Waals surface area contributed by atoms with E-state index in [0.29, 0.717) is 0 Å². The van der Waals surface area contributed by atoms with Crippen LogP contribution in [0.5, 0.6) is 0 Å². The first-order valence-electron chi connectivity index (χ1n) is 7.83.